The van der Waals surface area contributed by atoms with Gasteiger partial charge >= 0.3 is 0 Å². The molecule has 2 aliphatic rings. The first kappa shape index (κ1) is 25.3. The van der Waals surface area contributed by atoms with E-state index < -0.39 is 24.4 Å². The van der Waals surface area contributed by atoms with Crippen LogP contribution in [-0.2, 0) is 14.3 Å². The second-order valence-electron chi connectivity index (χ2n) is 8.70. The van der Waals surface area contributed by atoms with Crippen molar-refractivity contribution >= 4 is 17.5 Å². The number of para-hydroxylation sites is 2. The Morgan fingerprint density at radius 2 is 1.73 bits per heavy atom. The van der Waals surface area contributed by atoms with Crippen LogP contribution in [0.15, 0.2) is 24.3 Å². The predicted octanol–water partition coefficient (Wildman–Crippen LogP) is 0.776. The summed E-state index contributed by atoms with van der Waals surface area (Å²) < 4.78 is 11.2. The lowest BCUT2D eigenvalue weighted by Crippen LogP contribution is -2.50. The molecule has 0 saturated carbocycles. The number of hydrogen-bond acceptors (Lipinski definition) is 7. The number of carbonyl (C=O) groups is 2. The molecule has 33 heavy (non-hydrogen) atoms. The van der Waals surface area contributed by atoms with Crippen LogP contribution in [0.25, 0.3) is 0 Å². The van der Waals surface area contributed by atoms with Gasteiger partial charge in [-0.05, 0) is 25.0 Å². The number of amides is 2. The van der Waals surface area contributed by atoms with Crippen molar-refractivity contribution in [3.05, 3.63) is 24.3 Å². The van der Waals surface area contributed by atoms with Crippen LogP contribution in [0.1, 0.15) is 33.1 Å². The summed E-state index contributed by atoms with van der Waals surface area (Å²) in [6, 6.07) is 7.81. The van der Waals surface area contributed by atoms with Crippen LogP contribution in [0.2, 0.25) is 0 Å². The quantitative estimate of drug-likeness (QED) is 0.496. The number of anilines is 1. The summed E-state index contributed by atoms with van der Waals surface area (Å²) in [7, 11) is 1.64. The van der Waals surface area contributed by atoms with Gasteiger partial charge < -0.3 is 34.8 Å². The molecule has 184 valence electrons. The highest BCUT2D eigenvalue weighted by atomic mass is 16.5. The lowest BCUT2D eigenvalue weighted by Gasteiger charge is -2.37. The molecule has 3 rings (SSSR count). The SMILES string of the molecule is CCC(CC)C(=O)NCC1OC(CC(=O)N2CCN(c3ccccc3OC)CC2)C(O)C1O. The Labute approximate surface area is 195 Å². The van der Waals surface area contributed by atoms with E-state index in [1.165, 1.54) is 0 Å². The molecule has 4 atom stereocenters. The van der Waals surface area contributed by atoms with Crippen molar-refractivity contribution in [2.75, 3.05) is 44.7 Å². The van der Waals surface area contributed by atoms with Gasteiger partial charge in [0.1, 0.15) is 24.1 Å². The first-order chi connectivity index (χ1) is 15.9. The monoisotopic (exact) mass is 463 g/mol. The van der Waals surface area contributed by atoms with E-state index in [0.717, 1.165) is 24.3 Å². The van der Waals surface area contributed by atoms with Gasteiger partial charge in [-0.1, -0.05) is 26.0 Å². The molecule has 9 nitrogen and oxygen atoms in total. The van der Waals surface area contributed by atoms with Gasteiger partial charge in [-0.15, -0.1) is 0 Å². The summed E-state index contributed by atoms with van der Waals surface area (Å²) in [5.74, 6) is 0.516. The number of methoxy groups -OCH3 is 1. The Kier molecular flexibility index (Phi) is 8.94. The Morgan fingerprint density at radius 1 is 1.09 bits per heavy atom. The molecule has 1 aromatic rings. The number of nitrogens with zero attached hydrogens (tertiary/aromatic N) is 2. The third-order valence-corrected chi connectivity index (χ3v) is 6.73. The third kappa shape index (κ3) is 5.96. The van der Waals surface area contributed by atoms with Gasteiger partial charge in [-0.25, -0.2) is 0 Å². The molecule has 0 aliphatic carbocycles. The summed E-state index contributed by atoms with van der Waals surface area (Å²) in [5.41, 5.74) is 1.00. The highest BCUT2D eigenvalue weighted by molar-refractivity contribution is 5.78. The molecular weight excluding hydrogens is 426 g/mol. The van der Waals surface area contributed by atoms with Gasteiger partial charge in [0.15, 0.2) is 0 Å². The molecule has 4 unspecified atom stereocenters. The summed E-state index contributed by atoms with van der Waals surface area (Å²) in [5, 5.41) is 23.6. The first-order valence-electron chi connectivity index (χ1n) is 11.8. The number of carbonyl (C=O) groups excluding carboxylic acids is 2. The van der Waals surface area contributed by atoms with Crippen molar-refractivity contribution in [1.29, 1.82) is 0 Å². The van der Waals surface area contributed by atoms with E-state index in [2.05, 4.69) is 10.2 Å². The van der Waals surface area contributed by atoms with Crippen molar-refractivity contribution < 1.29 is 29.3 Å². The molecule has 2 aliphatic heterocycles. The van der Waals surface area contributed by atoms with Gasteiger partial charge in [-0.3, -0.25) is 9.59 Å². The molecule has 0 spiro atoms. The molecule has 2 fully saturated rings. The largest absolute Gasteiger partial charge is 0.495 e. The normalized spacial score (nSPS) is 25.4. The maximum absolute atomic E-state index is 12.9. The smallest absolute Gasteiger partial charge is 0.225 e. The van der Waals surface area contributed by atoms with Crippen LogP contribution in [-0.4, -0.2) is 91.2 Å². The second-order valence-corrected chi connectivity index (χ2v) is 8.70. The zero-order valence-corrected chi connectivity index (χ0v) is 19.8. The number of hydrogen-bond donors (Lipinski definition) is 3. The van der Waals surface area contributed by atoms with Crippen LogP contribution < -0.4 is 15.0 Å². The van der Waals surface area contributed by atoms with Crippen LogP contribution in [0.5, 0.6) is 5.75 Å². The van der Waals surface area contributed by atoms with Crippen LogP contribution in [0, 0.1) is 5.92 Å². The molecule has 1 aromatic carbocycles. The van der Waals surface area contributed by atoms with Gasteiger partial charge in [0, 0.05) is 38.6 Å². The zero-order valence-electron chi connectivity index (χ0n) is 19.8. The molecule has 0 radical (unpaired) electrons. The number of nitrogens with one attached hydrogen (secondary N) is 1. The zero-order chi connectivity index (χ0) is 24.0. The summed E-state index contributed by atoms with van der Waals surface area (Å²) >= 11 is 0. The Bertz CT molecular complexity index is 794. The highest BCUT2D eigenvalue weighted by Crippen LogP contribution is 2.29. The maximum Gasteiger partial charge on any atom is 0.225 e. The van der Waals surface area contributed by atoms with Crippen molar-refractivity contribution in [2.24, 2.45) is 5.92 Å². The van der Waals surface area contributed by atoms with E-state index in [0.29, 0.717) is 26.2 Å². The van der Waals surface area contributed by atoms with Crippen molar-refractivity contribution in [1.82, 2.24) is 10.2 Å². The molecule has 3 N–H and O–H groups in total. The second kappa shape index (κ2) is 11.7. The van der Waals surface area contributed by atoms with Crippen molar-refractivity contribution in [2.45, 2.75) is 57.5 Å². The number of piperazine rings is 1. The Hall–Kier alpha value is -2.36. The standard InChI is InChI=1S/C24H37N3O6/c1-4-16(5-2)24(31)25-15-20-23(30)22(29)19(33-20)14-21(28)27-12-10-26(11-13-27)17-8-6-7-9-18(17)32-3/h6-9,16,19-20,22-23,29-30H,4-5,10-15H2,1-3H3,(H,25,31). The average molecular weight is 464 g/mol. The number of rotatable bonds is 9. The minimum atomic E-state index is -1.17. The summed E-state index contributed by atoms with van der Waals surface area (Å²) in [4.78, 5) is 29.0. The van der Waals surface area contributed by atoms with Crippen LogP contribution in [0.4, 0.5) is 5.69 Å². The molecule has 9 heteroatoms. The third-order valence-electron chi connectivity index (χ3n) is 6.73. The minimum absolute atomic E-state index is 0.0100. The molecule has 0 bridgehead atoms. The fourth-order valence-electron chi connectivity index (χ4n) is 4.56. The van der Waals surface area contributed by atoms with E-state index in [9.17, 15) is 19.8 Å². The van der Waals surface area contributed by atoms with Gasteiger partial charge in [0.25, 0.3) is 0 Å². The van der Waals surface area contributed by atoms with Crippen molar-refractivity contribution in [3.63, 3.8) is 0 Å². The van der Waals surface area contributed by atoms with Gasteiger partial charge in [-0.2, -0.15) is 0 Å². The number of aliphatic hydroxyl groups excluding tert-OH is 2. The molecule has 2 saturated heterocycles. The van der Waals surface area contributed by atoms with Gasteiger partial charge in [0.05, 0.1) is 25.3 Å². The van der Waals surface area contributed by atoms with Crippen LogP contribution >= 0.6 is 0 Å². The summed E-state index contributed by atoms with van der Waals surface area (Å²) in [6.07, 6.45) is -2.38. The number of benzene rings is 1. The summed E-state index contributed by atoms with van der Waals surface area (Å²) in [6.45, 7) is 6.47. The lowest BCUT2D eigenvalue weighted by molar-refractivity contribution is -0.136. The fraction of sp³-hybridized carbons (Fsp3) is 0.667. The molecule has 0 aromatic heterocycles. The minimum Gasteiger partial charge on any atom is -0.495 e. The molecular formula is C24H37N3O6. The number of ether oxygens (including phenoxy) is 2. The topological polar surface area (TPSA) is 112 Å². The highest BCUT2D eigenvalue weighted by Gasteiger charge is 2.44. The van der Waals surface area contributed by atoms with E-state index in [1.54, 1.807) is 12.0 Å². The van der Waals surface area contributed by atoms with E-state index in [1.807, 2.05) is 38.1 Å². The number of aliphatic hydroxyl groups is 2. The Morgan fingerprint density at radius 3 is 2.36 bits per heavy atom. The molecule has 2 heterocycles. The lowest BCUT2D eigenvalue weighted by atomic mass is 10.0. The van der Waals surface area contributed by atoms with E-state index in [-0.39, 0.29) is 30.7 Å². The maximum atomic E-state index is 12.9. The van der Waals surface area contributed by atoms with E-state index in [4.69, 9.17) is 9.47 Å². The van der Waals surface area contributed by atoms with Crippen LogP contribution in [0.3, 0.4) is 0 Å². The van der Waals surface area contributed by atoms with Crippen molar-refractivity contribution in [3.8, 4) is 5.75 Å². The molecule has 2 amide bonds. The fourth-order valence-corrected chi connectivity index (χ4v) is 4.56. The first-order valence-corrected chi connectivity index (χ1v) is 11.8. The predicted molar refractivity (Wildman–Crippen MR) is 124 cm³/mol. The van der Waals surface area contributed by atoms with Gasteiger partial charge in [0.2, 0.25) is 11.8 Å². The van der Waals surface area contributed by atoms with E-state index >= 15 is 0 Å². The Balaban J connectivity index is 1.49. The average Bonchev–Trinajstić information content (AvgIpc) is 3.11.